The fourth-order valence-electron chi connectivity index (χ4n) is 6.29. The van der Waals surface area contributed by atoms with E-state index in [0.717, 1.165) is 19.0 Å². The number of anilines is 1. The maximum Gasteiger partial charge on any atom is 0.266 e. The van der Waals surface area contributed by atoms with Gasteiger partial charge in [0.2, 0.25) is 11.6 Å². The van der Waals surface area contributed by atoms with Crippen molar-refractivity contribution in [2.24, 2.45) is 11.8 Å². The highest BCUT2D eigenvalue weighted by atomic mass is 16.4. The van der Waals surface area contributed by atoms with Crippen molar-refractivity contribution in [1.82, 2.24) is 9.88 Å². The van der Waals surface area contributed by atoms with Crippen molar-refractivity contribution in [3.05, 3.63) is 35.7 Å². The lowest BCUT2D eigenvalue weighted by molar-refractivity contribution is 0.0306. The van der Waals surface area contributed by atoms with E-state index in [1.54, 1.807) is 11.8 Å². The summed E-state index contributed by atoms with van der Waals surface area (Å²) in [4.78, 5) is 9.51. The van der Waals surface area contributed by atoms with E-state index in [9.17, 15) is 5.26 Å². The average Bonchev–Trinajstić information content (AvgIpc) is 3.43. The first-order chi connectivity index (χ1) is 14.3. The van der Waals surface area contributed by atoms with Gasteiger partial charge in [0.05, 0.1) is 12.3 Å². The van der Waals surface area contributed by atoms with Crippen LogP contribution < -0.4 is 4.90 Å². The quantitative estimate of drug-likeness (QED) is 0.716. The summed E-state index contributed by atoms with van der Waals surface area (Å²) in [6, 6.07) is 6.96. The van der Waals surface area contributed by atoms with Gasteiger partial charge in [-0.25, -0.2) is 0 Å². The van der Waals surface area contributed by atoms with Crippen molar-refractivity contribution in [2.45, 2.75) is 50.6 Å². The minimum Gasteiger partial charge on any atom is -0.459 e. The SMILES string of the molecule is N#Cc1nc(-c2ccco2)oc1N1CCCC2=CC3CC(CN4CCCCC34)C21. The van der Waals surface area contributed by atoms with Crippen LogP contribution in [-0.2, 0) is 0 Å². The minimum atomic E-state index is 0.326. The Kier molecular flexibility index (Phi) is 4.05. The molecule has 6 heteroatoms. The summed E-state index contributed by atoms with van der Waals surface area (Å²) in [5.41, 5.74) is 1.92. The Morgan fingerprint density at radius 3 is 3.03 bits per heavy atom. The predicted molar refractivity (Wildman–Crippen MR) is 108 cm³/mol. The number of nitrogens with zero attached hydrogens (tertiary/aromatic N) is 4. The van der Waals surface area contributed by atoms with E-state index in [-0.39, 0.29) is 0 Å². The second-order valence-electron chi connectivity index (χ2n) is 8.96. The van der Waals surface area contributed by atoms with Gasteiger partial charge in [-0.1, -0.05) is 18.1 Å². The topological polar surface area (TPSA) is 69.4 Å². The van der Waals surface area contributed by atoms with Crippen LogP contribution >= 0.6 is 0 Å². The number of rotatable bonds is 2. The zero-order valence-corrected chi connectivity index (χ0v) is 16.6. The molecule has 3 fully saturated rings. The number of fused-ring (bicyclic) bond motifs is 6. The van der Waals surface area contributed by atoms with Gasteiger partial charge in [0.25, 0.3) is 5.89 Å². The second-order valence-corrected chi connectivity index (χ2v) is 8.96. The highest BCUT2D eigenvalue weighted by Crippen LogP contribution is 2.46. The molecule has 2 bridgehead atoms. The molecule has 4 unspecified atom stereocenters. The molecule has 2 aromatic rings. The Morgan fingerprint density at radius 2 is 2.17 bits per heavy atom. The van der Waals surface area contributed by atoms with Gasteiger partial charge in [-0.05, 0) is 62.6 Å². The predicted octanol–water partition coefficient (Wildman–Crippen LogP) is 4.21. The van der Waals surface area contributed by atoms with Crippen LogP contribution in [0.25, 0.3) is 11.7 Å². The molecule has 0 N–H and O–H groups in total. The van der Waals surface area contributed by atoms with E-state index in [1.165, 1.54) is 45.2 Å². The third-order valence-electron chi connectivity index (χ3n) is 7.37. The molecule has 5 heterocycles. The average molecular weight is 390 g/mol. The molecular weight excluding hydrogens is 364 g/mol. The summed E-state index contributed by atoms with van der Waals surface area (Å²) in [6.45, 7) is 3.32. The molecule has 1 aliphatic carbocycles. The van der Waals surface area contributed by atoms with Gasteiger partial charge in [-0.3, -0.25) is 4.90 Å². The number of oxazole rings is 1. The Bertz CT molecular complexity index is 970. The standard InChI is InChI=1S/C23H26N4O2/c24-13-18-23(29-22(25-18)20-7-4-10-28-20)27-9-3-5-15-11-16-12-17(21(15)27)14-26-8-2-1-6-19(16)26/h4,7,10-11,16-17,19,21H,1-3,5-6,8-9,12,14H2. The Balaban J connectivity index is 1.38. The van der Waals surface area contributed by atoms with Crippen LogP contribution in [0.5, 0.6) is 0 Å². The number of piperidine rings is 3. The fraction of sp³-hybridized carbons (Fsp3) is 0.565. The van der Waals surface area contributed by atoms with Crippen LogP contribution in [-0.4, -0.2) is 41.6 Å². The van der Waals surface area contributed by atoms with Crippen molar-refractivity contribution < 1.29 is 8.83 Å². The van der Waals surface area contributed by atoms with Gasteiger partial charge in [0.15, 0.2) is 5.76 Å². The maximum atomic E-state index is 9.73. The van der Waals surface area contributed by atoms with E-state index < -0.39 is 0 Å². The van der Waals surface area contributed by atoms with Gasteiger partial charge in [-0.15, -0.1) is 0 Å². The van der Waals surface area contributed by atoms with E-state index >= 15 is 0 Å². The number of hydrogen-bond donors (Lipinski definition) is 0. The smallest absolute Gasteiger partial charge is 0.266 e. The van der Waals surface area contributed by atoms with Crippen LogP contribution in [0.15, 0.2) is 38.9 Å². The minimum absolute atomic E-state index is 0.326. The van der Waals surface area contributed by atoms with Crippen LogP contribution in [0.1, 0.15) is 44.2 Å². The molecule has 2 aromatic heterocycles. The molecule has 6 rings (SSSR count). The molecule has 4 atom stereocenters. The number of aromatic nitrogens is 1. The summed E-state index contributed by atoms with van der Waals surface area (Å²) in [5, 5.41) is 9.73. The van der Waals surface area contributed by atoms with E-state index in [2.05, 4.69) is 26.9 Å². The number of nitriles is 1. The van der Waals surface area contributed by atoms with Gasteiger partial charge in [-0.2, -0.15) is 10.2 Å². The van der Waals surface area contributed by atoms with Gasteiger partial charge >= 0.3 is 0 Å². The molecule has 0 radical (unpaired) electrons. The first-order valence-electron chi connectivity index (χ1n) is 11.0. The number of hydrogen-bond acceptors (Lipinski definition) is 6. The molecular formula is C23H26N4O2. The Hall–Kier alpha value is -2.52. The molecule has 6 nitrogen and oxygen atoms in total. The van der Waals surface area contributed by atoms with Crippen molar-refractivity contribution >= 4 is 5.88 Å². The summed E-state index contributed by atoms with van der Waals surface area (Å²) in [7, 11) is 0. The Morgan fingerprint density at radius 1 is 1.21 bits per heavy atom. The third-order valence-corrected chi connectivity index (χ3v) is 7.37. The maximum absolute atomic E-state index is 9.73. The molecule has 0 amide bonds. The van der Waals surface area contributed by atoms with Gasteiger partial charge in [0.1, 0.15) is 6.07 Å². The first-order valence-corrected chi connectivity index (χ1v) is 11.0. The zero-order valence-electron chi connectivity index (χ0n) is 16.6. The van der Waals surface area contributed by atoms with E-state index in [4.69, 9.17) is 8.83 Å². The second kappa shape index (κ2) is 6.77. The zero-order chi connectivity index (χ0) is 19.4. The molecule has 150 valence electrons. The third kappa shape index (κ3) is 2.75. The molecule has 0 spiro atoms. The fourth-order valence-corrected chi connectivity index (χ4v) is 6.29. The summed E-state index contributed by atoms with van der Waals surface area (Å²) in [6.07, 6.45) is 11.8. The monoisotopic (exact) mass is 390 g/mol. The van der Waals surface area contributed by atoms with Crippen LogP contribution in [0.4, 0.5) is 5.88 Å². The van der Waals surface area contributed by atoms with Crippen LogP contribution in [0.3, 0.4) is 0 Å². The molecule has 4 aliphatic rings. The normalized spacial score (nSPS) is 31.6. The van der Waals surface area contributed by atoms with Crippen molar-refractivity contribution in [3.63, 3.8) is 0 Å². The van der Waals surface area contributed by atoms with E-state index in [1.807, 2.05) is 12.1 Å². The first kappa shape index (κ1) is 17.3. The van der Waals surface area contributed by atoms with Crippen molar-refractivity contribution in [1.29, 1.82) is 5.26 Å². The van der Waals surface area contributed by atoms with Crippen LogP contribution in [0.2, 0.25) is 0 Å². The van der Waals surface area contributed by atoms with E-state index in [0.29, 0.717) is 41.1 Å². The number of furan rings is 1. The van der Waals surface area contributed by atoms with Gasteiger partial charge in [0, 0.05) is 19.1 Å². The highest BCUT2D eigenvalue weighted by molar-refractivity contribution is 5.57. The molecule has 0 saturated carbocycles. The summed E-state index contributed by atoms with van der Waals surface area (Å²) >= 11 is 0. The molecule has 0 aromatic carbocycles. The largest absolute Gasteiger partial charge is 0.459 e. The lowest BCUT2D eigenvalue weighted by atomic mass is 9.68. The lowest BCUT2D eigenvalue weighted by Gasteiger charge is -2.54. The van der Waals surface area contributed by atoms with Crippen molar-refractivity contribution in [3.8, 4) is 17.7 Å². The Labute approximate surface area is 170 Å². The van der Waals surface area contributed by atoms with Crippen molar-refractivity contribution in [2.75, 3.05) is 24.5 Å². The van der Waals surface area contributed by atoms with Gasteiger partial charge < -0.3 is 13.7 Å². The highest BCUT2D eigenvalue weighted by Gasteiger charge is 2.47. The molecule has 3 aliphatic heterocycles. The molecule has 3 saturated heterocycles. The summed E-state index contributed by atoms with van der Waals surface area (Å²) in [5.74, 6) is 2.88. The lowest BCUT2D eigenvalue weighted by Crippen LogP contribution is -2.59. The molecule has 29 heavy (non-hydrogen) atoms. The van der Waals surface area contributed by atoms with Crippen LogP contribution in [0, 0.1) is 23.2 Å². The summed E-state index contributed by atoms with van der Waals surface area (Å²) < 4.78 is 11.6.